The van der Waals surface area contributed by atoms with Crippen molar-refractivity contribution in [1.82, 2.24) is 0 Å². The predicted octanol–water partition coefficient (Wildman–Crippen LogP) is 5.24. The van der Waals surface area contributed by atoms with Gasteiger partial charge < -0.3 is 5.32 Å². The number of amides is 1. The highest BCUT2D eigenvalue weighted by atomic mass is 32.1. The summed E-state index contributed by atoms with van der Waals surface area (Å²) >= 11 is 3.79. The first-order valence-corrected chi connectivity index (χ1v) is 9.29. The maximum Gasteiger partial charge on any atom is 0.248 e. The van der Waals surface area contributed by atoms with Crippen LogP contribution in [0.1, 0.15) is 49.3 Å². The van der Waals surface area contributed by atoms with E-state index >= 15 is 0 Å². The minimum Gasteiger partial charge on any atom is -0.322 e. The fourth-order valence-corrected chi connectivity index (χ4v) is 2.79. The second kappa shape index (κ2) is 9.97. The lowest BCUT2D eigenvalue weighted by Gasteiger charge is -2.09. The van der Waals surface area contributed by atoms with E-state index in [9.17, 15) is 9.59 Å². The number of nitrogens with one attached hydrogen (secondary N) is 1. The highest BCUT2D eigenvalue weighted by molar-refractivity contribution is 7.96. The molecule has 0 radical (unpaired) electrons. The van der Waals surface area contributed by atoms with Crippen LogP contribution < -0.4 is 5.32 Å². The molecule has 0 saturated carbocycles. The van der Waals surface area contributed by atoms with Gasteiger partial charge in [-0.3, -0.25) is 9.59 Å². The lowest BCUT2D eigenvalue weighted by atomic mass is 10.0. The SMILES string of the molecule is CC(C)c1ccc(C=CC(=O)Nc2ccccc2CCCC(=O)S)cc1. The van der Waals surface area contributed by atoms with E-state index in [1.807, 2.05) is 42.5 Å². The van der Waals surface area contributed by atoms with Gasteiger partial charge in [-0.05, 0) is 47.6 Å². The Morgan fingerprint density at radius 1 is 1.08 bits per heavy atom. The summed E-state index contributed by atoms with van der Waals surface area (Å²) in [6.45, 7) is 4.31. The molecule has 0 atom stereocenters. The minimum atomic E-state index is -0.171. The van der Waals surface area contributed by atoms with E-state index in [0.29, 0.717) is 18.8 Å². The molecule has 0 aliphatic carbocycles. The number of benzene rings is 2. The van der Waals surface area contributed by atoms with Crippen LogP contribution in [0, 0.1) is 0 Å². The van der Waals surface area contributed by atoms with Gasteiger partial charge in [-0.15, -0.1) is 12.6 Å². The van der Waals surface area contributed by atoms with Gasteiger partial charge in [-0.25, -0.2) is 0 Å². The normalized spacial score (nSPS) is 11.1. The Kier molecular flexibility index (Phi) is 7.67. The summed E-state index contributed by atoms with van der Waals surface area (Å²) in [5.41, 5.74) is 4.07. The number of anilines is 1. The van der Waals surface area contributed by atoms with Crippen LogP contribution in [0.4, 0.5) is 5.69 Å². The number of hydrogen-bond donors (Lipinski definition) is 2. The molecule has 0 aromatic heterocycles. The number of para-hydroxylation sites is 1. The van der Waals surface area contributed by atoms with E-state index in [2.05, 4.69) is 43.9 Å². The number of hydrogen-bond acceptors (Lipinski definition) is 2. The molecule has 2 aromatic rings. The summed E-state index contributed by atoms with van der Waals surface area (Å²) in [6, 6.07) is 15.9. The molecule has 2 rings (SSSR count). The summed E-state index contributed by atoms with van der Waals surface area (Å²) in [5, 5.41) is 2.81. The van der Waals surface area contributed by atoms with Gasteiger partial charge in [0.05, 0.1) is 0 Å². The van der Waals surface area contributed by atoms with E-state index in [-0.39, 0.29) is 11.0 Å². The van der Waals surface area contributed by atoms with Crippen molar-refractivity contribution >= 4 is 35.4 Å². The number of thiol groups is 1. The minimum absolute atomic E-state index is 0.113. The molecule has 1 amide bonds. The molecule has 136 valence electrons. The molecule has 0 fully saturated rings. The second-order valence-electron chi connectivity index (χ2n) is 6.55. The molecular formula is C22H25NO2S. The molecule has 0 spiro atoms. The zero-order valence-corrected chi connectivity index (χ0v) is 16.1. The van der Waals surface area contributed by atoms with Crippen LogP contribution in [0.2, 0.25) is 0 Å². The maximum atomic E-state index is 12.2. The maximum absolute atomic E-state index is 12.2. The number of aryl methyl sites for hydroxylation is 1. The van der Waals surface area contributed by atoms with E-state index in [1.165, 1.54) is 5.56 Å². The molecule has 3 nitrogen and oxygen atoms in total. The van der Waals surface area contributed by atoms with E-state index in [1.54, 1.807) is 6.08 Å². The zero-order chi connectivity index (χ0) is 18.9. The van der Waals surface area contributed by atoms with Crippen molar-refractivity contribution in [1.29, 1.82) is 0 Å². The Labute approximate surface area is 160 Å². The summed E-state index contributed by atoms with van der Waals surface area (Å²) in [5.74, 6) is 0.321. The third-order valence-electron chi connectivity index (χ3n) is 4.14. The van der Waals surface area contributed by atoms with Crippen LogP contribution >= 0.6 is 12.6 Å². The van der Waals surface area contributed by atoms with Crippen molar-refractivity contribution in [3.8, 4) is 0 Å². The van der Waals surface area contributed by atoms with E-state index in [4.69, 9.17) is 0 Å². The van der Waals surface area contributed by atoms with Gasteiger partial charge in [0, 0.05) is 18.2 Å². The highest BCUT2D eigenvalue weighted by Gasteiger charge is 2.05. The van der Waals surface area contributed by atoms with Crippen LogP contribution in [0.5, 0.6) is 0 Å². The standard InChI is InChI=1S/C22H25NO2S/c1-16(2)18-13-10-17(11-14-18)12-15-21(24)23-20-8-4-3-6-19(20)7-5-9-22(25)26/h3-4,6,8,10-16H,5,7,9H2,1-2H3,(H,23,24)(H,25,26). The first-order valence-electron chi connectivity index (χ1n) is 8.84. The van der Waals surface area contributed by atoms with Crippen molar-refractivity contribution in [2.75, 3.05) is 5.32 Å². The molecule has 2 aromatic carbocycles. The molecule has 0 aliphatic heterocycles. The van der Waals surface area contributed by atoms with Crippen LogP contribution in [-0.4, -0.2) is 11.0 Å². The smallest absolute Gasteiger partial charge is 0.248 e. The molecule has 0 saturated heterocycles. The Morgan fingerprint density at radius 3 is 2.42 bits per heavy atom. The molecule has 0 aliphatic rings. The van der Waals surface area contributed by atoms with Crippen LogP contribution in [0.3, 0.4) is 0 Å². The third kappa shape index (κ3) is 6.52. The zero-order valence-electron chi connectivity index (χ0n) is 15.2. The summed E-state index contributed by atoms with van der Waals surface area (Å²) in [7, 11) is 0. The van der Waals surface area contributed by atoms with Gasteiger partial charge in [-0.1, -0.05) is 56.3 Å². The quantitative estimate of drug-likeness (QED) is 0.495. The average Bonchev–Trinajstić information content (AvgIpc) is 2.61. The predicted molar refractivity (Wildman–Crippen MR) is 112 cm³/mol. The molecule has 0 unspecified atom stereocenters. The van der Waals surface area contributed by atoms with Crippen molar-refractivity contribution in [2.45, 2.75) is 39.0 Å². The fraction of sp³-hybridized carbons (Fsp3) is 0.273. The van der Waals surface area contributed by atoms with Crippen LogP contribution in [-0.2, 0) is 16.0 Å². The van der Waals surface area contributed by atoms with E-state index < -0.39 is 0 Å². The average molecular weight is 368 g/mol. The first kappa shape index (κ1) is 20.0. The molecule has 26 heavy (non-hydrogen) atoms. The lowest BCUT2D eigenvalue weighted by molar-refractivity contribution is -0.112. The van der Waals surface area contributed by atoms with Crippen molar-refractivity contribution in [3.05, 3.63) is 71.3 Å². The number of rotatable bonds is 8. The topological polar surface area (TPSA) is 46.2 Å². The highest BCUT2D eigenvalue weighted by Crippen LogP contribution is 2.18. The summed E-state index contributed by atoms with van der Waals surface area (Å²) in [6.07, 6.45) is 5.22. The van der Waals surface area contributed by atoms with Crippen molar-refractivity contribution in [2.24, 2.45) is 0 Å². The van der Waals surface area contributed by atoms with Crippen molar-refractivity contribution in [3.63, 3.8) is 0 Å². The van der Waals surface area contributed by atoms with E-state index in [0.717, 1.165) is 23.2 Å². The van der Waals surface area contributed by atoms with Crippen LogP contribution in [0.15, 0.2) is 54.6 Å². The Bertz CT molecular complexity index is 779. The van der Waals surface area contributed by atoms with Gasteiger partial charge in [0.15, 0.2) is 5.12 Å². The first-order chi connectivity index (χ1) is 12.5. The van der Waals surface area contributed by atoms with Gasteiger partial charge in [-0.2, -0.15) is 0 Å². The fourth-order valence-electron chi connectivity index (χ4n) is 2.63. The summed E-state index contributed by atoms with van der Waals surface area (Å²) in [4.78, 5) is 23.2. The third-order valence-corrected chi connectivity index (χ3v) is 4.37. The molecule has 0 bridgehead atoms. The van der Waals surface area contributed by atoms with Crippen molar-refractivity contribution < 1.29 is 9.59 Å². The van der Waals surface area contributed by atoms with Gasteiger partial charge in [0.2, 0.25) is 5.91 Å². The molecule has 1 N–H and O–H groups in total. The van der Waals surface area contributed by atoms with Crippen LogP contribution in [0.25, 0.3) is 6.08 Å². The monoisotopic (exact) mass is 367 g/mol. The van der Waals surface area contributed by atoms with Gasteiger partial charge in [0.1, 0.15) is 0 Å². The molecular weight excluding hydrogens is 342 g/mol. The lowest BCUT2D eigenvalue weighted by Crippen LogP contribution is -2.09. The van der Waals surface area contributed by atoms with Gasteiger partial charge in [0.25, 0.3) is 0 Å². The Balaban J connectivity index is 1.97. The Morgan fingerprint density at radius 2 is 1.77 bits per heavy atom. The molecule has 4 heteroatoms. The second-order valence-corrected chi connectivity index (χ2v) is 7.05. The summed E-state index contributed by atoms with van der Waals surface area (Å²) < 4.78 is 0. The number of carbonyl (C=O) groups is 2. The van der Waals surface area contributed by atoms with Gasteiger partial charge >= 0.3 is 0 Å². The largest absolute Gasteiger partial charge is 0.322 e. The molecule has 0 heterocycles. The number of carbonyl (C=O) groups excluding carboxylic acids is 2. The Hall–Kier alpha value is -2.33.